The third-order valence-corrected chi connectivity index (χ3v) is 7.50. The first-order valence-electron chi connectivity index (χ1n) is 9.45. The van der Waals surface area contributed by atoms with Gasteiger partial charge < -0.3 is 0 Å². The Morgan fingerprint density at radius 1 is 1.24 bits per heavy atom. The average molecular weight is 424 g/mol. The molecule has 1 aliphatic rings. The molecule has 0 saturated carbocycles. The van der Waals surface area contributed by atoms with Gasteiger partial charge in [0.2, 0.25) is 10.0 Å². The third-order valence-electron chi connectivity index (χ3n) is 5.58. The van der Waals surface area contributed by atoms with E-state index in [9.17, 15) is 17.2 Å². The molecular formula is C18H22F2N6O2S. The first-order chi connectivity index (χ1) is 13.8. The average Bonchev–Trinajstić information content (AvgIpc) is 3.33. The molecule has 8 nitrogen and oxygen atoms in total. The Labute approximate surface area is 167 Å². The van der Waals surface area contributed by atoms with E-state index in [1.165, 1.54) is 23.2 Å². The Balaban J connectivity index is 1.57. The molecule has 0 N–H and O–H groups in total. The predicted octanol–water partition coefficient (Wildman–Crippen LogP) is 2.53. The first-order valence-corrected chi connectivity index (χ1v) is 10.9. The van der Waals surface area contributed by atoms with Crippen molar-refractivity contribution in [3.05, 3.63) is 41.6 Å². The zero-order valence-corrected chi connectivity index (χ0v) is 17.0. The van der Waals surface area contributed by atoms with Crippen LogP contribution in [0, 0.1) is 0 Å². The van der Waals surface area contributed by atoms with E-state index in [2.05, 4.69) is 22.1 Å². The van der Waals surface area contributed by atoms with Gasteiger partial charge in [-0.25, -0.2) is 26.7 Å². The van der Waals surface area contributed by atoms with Crippen molar-refractivity contribution in [2.75, 3.05) is 13.1 Å². The highest BCUT2D eigenvalue weighted by Gasteiger charge is 2.35. The topological polar surface area (TPSA) is 85.4 Å². The third kappa shape index (κ3) is 3.42. The van der Waals surface area contributed by atoms with Crippen LogP contribution in [-0.2, 0) is 23.5 Å². The molecule has 3 aromatic heterocycles. The molecule has 0 atom stereocenters. The molecule has 0 aliphatic carbocycles. The van der Waals surface area contributed by atoms with Gasteiger partial charge >= 0.3 is 0 Å². The number of fused-ring (bicyclic) bond motifs is 1. The van der Waals surface area contributed by atoms with Crippen LogP contribution in [0.2, 0.25) is 0 Å². The van der Waals surface area contributed by atoms with E-state index in [1.54, 1.807) is 4.52 Å². The molecule has 1 saturated heterocycles. The van der Waals surface area contributed by atoms with Crippen molar-refractivity contribution < 1.29 is 17.2 Å². The fraction of sp³-hybridized carbons (Fsp3) is 0.500. The molecule has 4 rings (SSSR count). The van der Waals surface area contributed by atoms with E-state index in [0.717, 1.165) is 28.5 Å². The SMILES string of the molecule is CCc1cc2ncnn2cc1C1CCN(S(=O)(=O)c2cnn(C)c2C(F)F)CC1. The number of rotatable bonds is 5. The van der Waals surface area contributed by atoms with Gasteiger partial charge in [0.05, 0.1) is 6.20 Å². The summed E-state index contributed by atoms with van der Waals surface area (Å²) in [6, 6.07) is 2.01. The van der Waals surface area contributed by atoms with Crippen LogP contribution in [0.25, 0.3) is 5.65 Å². The van der Waals surface area contributed by atoms with Gasteiger partial charge in [0.15, 0.2) is 5.65 Å². The van der Waals surface area contributed by atoms with Gasteiger partial charge in [0.25, 0.3) is 6.43 Å². The molecule has 0 aromatic carbocycles. The number of piperidine rings is 1. The Bertz CT molecular complexity index is 1130. The zero-order valence-electron chi connectivity index (χ0n) is 16.2. The number of alkyl halides is 2. The molecule has 0 spiro atoms. The highest BCUT2D eigenvalue weighted by atomic mass is 32.2. The number of hydrogen-bond donors (Lipinski definition) is 0. The fourth-order valence-corrected chi connectivity index (χ4v) is 5.65. The van der Waals surface area contributed by atoms with Crippen LogP contribution >= 0.6 is 0 Å². The second-order valence-corrected chi connectivity index (χ2v) is 9.07. The smallest absolute Gasteiger partial charge is 0.265 e. The van der Waals surface area contributed by atoms with Gasteiger partial charge in [0.1, 0.15) is 16.9 Å². The summed E-state index contributed by atoms with van der Waals surface area (Å²) in [7, 11) is -2.70. The molecule has 1 fully saturated rings. The van der Waals surface area contributed by atoms with E-state index < -0.39 is 27.0 Å². The van der Waals surface area contributed by atoms with E-state index in [1.807, 2.05) is 12.3 Å². The second-order valence-electron chi connectivity index (χ2n) is 7.17. The lowest BCUT2D eigenvalue weighted by molar-refractivity contribution is 0.137. The van der Waals surface area contributed by atoms with Crippen molar-refractivity contribution in [2.24, 2.45) is 7.05 Å². The summed E-state index contributed by atoms with van der Waals surface area (Å²) in [5.41, 5.74) is 2.51. The minimum Gasteiger partial charge on any atom is -0.265 e. The molecule has 4 heterocycles. The molecule has 1 aliphatic heterocycles. The van der Waals surface area contributed by atoms with Crippen molar-refractivity contribution in [1.82, 2.24) is 28.7 Å². The van der Waals surface area contributed by atoms with Crippen molar-refractivity contribution in [3.8, 4) is 0 Å². The Morgan fingerprint density at radius 3 is 2.62 bits per heavy atom. The molecule has 3 aromatic rings. The van der Waals surface area contributed by atoms with Crippen LogP contribution in [0.3, 0.4) is 0 Å². The van der Waals surface area contributed by atoms with Crippen molar-refractivity contribution in [1.29, 1.82) is 0 Å². The van der Waals surface area contributed by atoms with Gasteiger partial charge in [0, 0.05) is 26.3 Å². The summed E-state index contributed by atoms with van der Waals surface area (Å²) in [5, 5.41) is 7.91. The number of aromatic nitrogens is 5. The monoisotopic (exact) mass is 424 g/mol. The van der Waals surface area contributed by atoms with Crippen molar-refractivity contribution >= 4 is 15.7 Å². The van der Waals surface area contributed by atoms with Crippen LogP contribution in [0.4, 0.5) is 8.78 Å². The highest BCUT2D eigenvalue weighted by Crippen LogP contribution is 2.35. The number of aryl methyl sites for hydroxylation is 2. The number of pyridine rings is 1. The summed E-state index contributed by atoms with van der Waals surface area (Å²) in [5.74, 6) is 0.175. The molecule has 0 radical (unpaired) electrons. The molecule has 11 heteroatoms. The number of nitrogens with zero attached hydrogens (tertiary/aromatic N) is 6. The lowest BCUT2D eigenvalue weighted by Crippen LogP contribution is -2.38. The summed E-state index contributed by atoms with van der Waals surface area (Å²) in [6.45, 7) is 2.60. The van der Waals surface area contributed by atoms with Gasteiger partial charge in [-0.15, -0.1) is 0 Å². The molecule has 0 unspecified atom stereocenters. The fourth-order valence-electron chi connectivity index (χ4n) is 4.01. The molecule has 156 valence electrons. The maximum Gasteiger partial charge on any atom is 0.281 e. The first kappa shape index (κ1) is 19.9. The minimum absolute atomic E-state index is 0.175. The zero-order chi connectivity index (χ0) is 20.8. The van der Waals surface area contributed by atoms with Gasteiger partial charge in [-0.3, -0.25) is 4.68 Å². The quantitative estimate of drug-likeness (QED) is 0.628. The molecule has 29 heavy (non-hydrogen) atoms. The van der Waals surface area contributed by atoms with Gasteiger partial charge in [-0.1, -0.05) is 6.92 Å². The Morgan fingerprint density at radius 2 is 1.97 bits per heavy atom. The lowest BCUT2D eigenvalue weighted by atomic mass is 9.87. The van der Waals surface area contributed by atoms with Gasteiger partial charge in [-0.2, -0.15) is 14.5 Å². The Hall–Kier alpha value is -2.40. The van der Waals surface area contributed by atoms with Gasteiger partial charge in [-0.05, 0) is 42.4 Å². The van der Waals surface area contributed by atoms with Crippen molar-refractivity contribution in [2.45, 2.75) is 43.4 Å². The van der Waals surface area contributed by atoms with Crippen LogP contribution in [0.1, 0.15) is 48.9 Å². The highest BCUT2D eigenvalue weighted by molar-refractivity contribution is 7.89. The molecular weight excluding hydrogens is 402 g/mol. The van der Waals surface area contributed by atoms with E-state index in [-0.39, 0.29) is 19.0 Å². The largest absolute Gasteiger partial charge is 0.281 e. The summed E-state index contributed by atoms with van der Waals surface area (Å²) >= 11 is 0. The maximum absolute atomic E-state index is 13.3. The summed E-state index contributed by atoms with van der Waals surface area (Å²) in [4.78, 5) is 3.80. The predicted molar refractivity (Wildman–Crippen MR) is 101 cm³/mol. The molecule has 0 amide bonds. The van der Waals surface area contributed by atoms with Crippen LogP contribution < -0.4 is 0 Å². The Kier molecular flexibility index (Phi) is 5.11. The summed E-state index contributed by atoms with van der Waals surface area (Å²) < 4.78 is 56.5. The minimum atomic E-state index is -4.02. The lowest BCUT2D eigenvalue weighted by Gasteiger charge is -2.32. The van der Waals surface area contributed by atoms with E-state index in [0.29, 0.717) is 12.8 Å². The number of halogens is 2. The van der Waals surface area contributed by atoms with E-state index in [4.69, 9.17) is 0 Å². The number of sulfonamides is 1. The normalized spacial score (nSPS) is 16.9. The van der Waals surface area contributed by atoms with Crippen LogP contribution in [0.5, 0.6) is 0 Å². The van der Waals surface area contributed by atoms with Crippen LogP contribution in [0.15, 0.2) is 29.7 Å². The standard InChI is InChI=1S/C18H22F2N6O2S/c1-3-12-8-16-21-11-23-26(16)10-14(12)13-4-6-25(7-5-13)29(27,28)15-9-22-24(2)17(15)18(19)20/h8-11,13,18H,3-7H2,1-2H3. The second kappa shape index (κ2) is 7.45. The maximum atomic E-state index is 13.3. The van der Waals surface area contributed by atoms with E-state index >= 15 is 0 Å². The summed E-state index contributed by atoms with van der Waals surface area (Å²) in [6.07, 6.45) is 3.62. The van der Waals surface area contributed by atoms with Crippen molar-refractivity contribution in [3.63, 3.8) is 0 Å². The number of hydrogen-bond acceptors (Lipinski definition) is 5. The van der Waals surface area contributed by atoms with Crippen LogP contribution in [-0.4, -0.2) is 50.2 Å². The molecule has 0 bridgehead atoms.